The van der Waals surface area contributed by atoms with Crippen LogP contribution in [0.1, 0.15) is 12.8 Å². The third kappa shape index (κ3) is 8.43. The predicted molar refractivity (Wildman–Crippen MR) is 100 cm³/mol. The summed E-state index contributed by atoms with van der Waals surface area (Å²) in [7, 11) is -7.00. The predicted octanol–water partition coefficient (Wildman–Crippen LogP) is 7.02. The van der Waals surface area contributed by atoms with Gasteiger partial charge in [0, 0.05) is 12.8 Å². The Balaban J connectivity index is 0. The van der Waals surface area contributed by atoms with Crippen LogP contribution in [0.3, 0.4) is 0 Å². The van der Waals surface area contributed by atoms with Gasteiger partial charge in [0.05, 0.1) is 13.2 Å². The van der Waals surface area contributed by atoms with E-state index in [1.165, 1.54) is 0 Å². The van der Waals surface area contributed by atoms with E-state index in [0.29, 0.717) is 0 Å². The number of halogens is 30. The van der Waals surface area contributed by atoms with Gasteiger partial charge in [-0.05, 0) is 0 Å². The molecule has 0 aliphatic rings. The molecule has 0 aromatic heterocycles. The molecule has 0 heterocycles. The number of hydrogen-bond acceptors (Lipinski definition) is 4. The van der Waals surface area contributed by atoms with Crippen molar-refractivity contribution >= 4 is 7.82 Å². The van der Waals surface area contributed by atoms with Crippen LogP contribution in [-0.4, -0.2) is 96.6 Å². The molecule has 0 aromatic rings. The first kappa shape index (κ1) is 55.1. The largest absolute Gasteiger partial charge is 1.00 e. The average Bonchev–Trinajstić information content (AvgIpc) is 2.90. The normalized spacial score (nSPS) is 17.3. The Morgan fingerprint density at radius 1 is 0.333 bits per heavy atom. The molecule has 4 nitrogen and oxygen atoms in total. The monoisotopic (exact) mass is 912 g/mol. The van der Waals surface area contributed by atoms with Crippen LogP contribution in [0, 0.1) is 0 Å². The summed E-state index contributed by atoms with van der Waals surface area (Å²) >= 11 is 0. The molecule has 0 rings (SSSR count). The summed E-state index contributed by atoms with van der Waals surface area (Å²) in [6.45, 7) is -6.03. The quantitative estimate of drug-likeness (QED) is 0.0844. The summed E-state index contributed by atoms with van der Waals surface area (Å²) in [5.74, 6) is -100. The first-order valence-electron chi connectivity index (χ1n) is 11.7. The van der Waals surface area contributed by atoms with E-state index in [1.54, 1.807) is 0 Å². The molecule has 320 valence electrons. The van der Waals surface area contributed by atoms with Crippen molar-refractivity contribution in [3.05, 3.63) is 0 Å². The molecule has 0 saturated heterocycles. The van der Waals surface area contributed by atoms with E-state index in [-0.39, 0.29) is 29.6 Å². The van der Waals surface area contributed by atoms with Crippen molar-refractivity contribution in [2.24, 2.45) is 0 Å². The standard InChI is InChI=1S/C18H9F30O4P.Na/c19-5(20,7(23,24)9(27,28)11(31,32)12(33,34)14(37,38)16(41,42)18(46,47)48)1-3-51-53(49,50)52-4-2-6(21,22)8(25,26)10(29,30)13(35,36)15(39,40)17(43,44)45;/h1-4H2,(H,49,50);/q;+1/p-1. The molecule has 0 fully saturated rings. The van der Waals surface area contributed by atoms with Crippen LogP contribution < -0.4 is 34.5 Å². The smallest absolute Gasteiger partial charge is 0.756 e. The minimum Gasteiger partial charge on any atom is -0.756 e. The van der Waals surface area contributed by atoms with Gasteiger partial charge in [-0.3, -0.25) is 4.57 Å². The Kier molecular flexibility index (Phi) is 15.3. The van der Waals surface area contributed by atoms with Gasteiger partial charge in [0.25, 0.3) is 7.82 Å². The molecule has 1 atom stereocenters. The Hall–Kier alpha value is -0.990. The van der Waals surface area contributed by atoms with Crippen LogP contribution in [0.4, 0.5) is 132 Å². The van der Waals surface area contributed by atoms with E-state index in [9.17, 15) is 141 Å². The Bertz CT molecular complexity index is 1340. The van der Waals surface area contributed by atoms with E-state index in [4.69, 9.17) is 0 Å². The maximum atomic E-state index is 13.7. The molecule has 0 bridgehead atoms. The molecule has 0 aromatic carbocycles. The third-order valence-electron chi connectivity index (χ3n) is 6.12. The zero-order valence-electron chi connectivity index (χ0n) is 24.2. The molecular formula is C18H8F30NaO4P. The van der Waals surface area contributed by atoms with Crippen molar-refractivity contribution in [2.75, 3.05) is 13.2 Å². The maximum Gasteiger partial charge on any atom is 1.00 e. The molecule has 1 unspecified atom stereocenters. The van der Waals surface area contributed by atoms with Crippen molar-refractivity contribution in [2.45, 2.75) is 96.3 Å². The summed E-state index contributed by atoms with van der Waals surface area (Å²) in [5.41, 5.74) is 0. The van der Waals surface area contributed by atoms with Crippen LogP contribution in [0.2, 0.25) is 0 Å². The molecule has 54 heavy (non-hydrogen) atoms. The van der Waals surface area contributed by atoms with Gasteiger partial charge in [-0.1, -0.05) is 0 Å². The van der Waals surface area contributed by atoms with Gasteiger partial charge in [-0.25, -0.2) is 0 Å². The van der Waals surface area contributed by atoms with Gasteiger partial charge in [0.15, 0.2) is 0 Å². The summed E-state index contributed by atoms with van der Waals surface area (Å²) in [4.78, 5) is 11.3. The Morgan fingerprint density at radius 3 is 0.685 bits per heavy atom. The maximum absolute atomic E-state index is 13.7. The summed E-state index contributed by atoms with van der Waals surface area (Å²) < 4.78 is 410. The molecule has 0 saturated carbocycles. The fourth-order valence-electron chi connectivity index (χ4n) is 2.92. The van der Waals surface area contributed by atoms with E-state index in [2.05, 4.69) is 9.05 Å². The minimum absolute atomic E-state index is 0. The van der Waals surface area contributed by atoms with Crippen molar-refractivity contribution in [3.8, 4) is 0 Å². The van der Waals surface area contributed by atoms with E-state index >= 15 is 0 Å². The van der Waals surface area contributed by atoms with Gasteiger partial charge in [-0.15, -0.1) is 0 Å². The van der Waals surface area contributed by atoms with Crippen LogP contribution in [0.5, 0.6) is 0 Å². The second kappa shape index (κ2) is 15.0. The van der Waals surface area contributed by atoms with Gasteiger partial charge < -0.3 is 13.9 Å². The zero-order valence-corrected chi connectivity index (χ0v) is 27.1. The molecule has 36 heteroatoms. The van der Waals surface area contributed by atoms with Crippen LogP contribution in [-0.2, 0) is 13.6 Å². The molecule has 0 radical (unpaired) electrons. The van der Waals surface area contributed by atoms with Gasteiger partial charge in [-0.2, -0.15) is 132 Å². The number of phosphoric ester groups is 1. The number of phosphoric acid groups is 1. The fraction of sp³-hybridized carbons (Fsp3) is 1.00. The minimum atomic E-state index is -9.06. The van der Waals surface area contributed by atoms with Crippen molar-refractivity contribution in [1.82, 2.24) is 0 Å². The van der Waals surface area contributed by atoms with Crippen molar-refractivity contribution < 1.29 is 180 Å². The van der Waals surface area contributed by atoms with Gasteiger partial charge in [0.2, 0.25) is 0 Å². The molecule has 0 aliphatic heterocycles. The van der Waals surface area contributed by atoms with Crippen molar-refractivity contribution in [1.29, 1.82) is 0 Å². The zero-order chi connectivity index (χ0) is 43.7. The Labute approximate surface area is 297 Å². The summed E-state index contributed by atoms with van der Waals surface area (Å²) in [5, 5.41) is 0. The average molecular weight is 912 g/mol. The molecule has 0 N–H and O–H groups in total. The fourth-order valence-corrected chi connectivity index (χ4v) is 3.63. The van der Waals surface area contributed by atoms with Gasteiger partial charge in [0.1, 0.15) is 0 Å². The first-order chi connectivity index (χ1) is 22.4. The van der Waals surface area contributed by atoms with Gasteiger partial charge >= 0.3 is 113 Å². The number of alkyl halides is 30. The van der Waals surface area contributed by atoms with Crippen LogP contribution >= 0.6 is 7.82 Å². The second-order valence-electron chi connectivity index (χ2n) is 9.76. The van der Waals surface area contributed by atoms with Crippen molar-refractivity contribution in [3.63, 3.8) is 0 Å². The molecule has 0 spiro atoms. The molecular weight excluding hydrogens is 904 g/mol. The SMILES string of the molecule is O=P([O-])(OCCC(F)(F)C(F)(F)C(F)(F)C(F)(F)C(F)(F)C(F)(F)F)OCCC(F)(F)C(F)(F)C(F)(F)C(F)(F)C(F)(F)C(F)(F)C(F)(F)C(F)(F)F.[Na+]. The first-order valence-corrected chi connectivity index (χ1v) is 13.1. The number of hydrogen-bond donors (Lipinski definition) is 0. The third-order valence-corrected chi connectivity index (χ3v) is 7.11. The summed E-state index contributed by atoms with van der Waals surface area (Å²) in [6.07, 6.45) is -23.1. The van der Waals surface area contributed by atoms with E-state index < -0.39 is 117 Å². The van der Waals surface area contributed by atoms with Crippen LogP contribution in [0.25, 0.3) is 0 Å². The van der Waals surface area contributed by atoms with E-state index in [0.717, 1.165) is 0 Å². The Morgan fingerprint density at radius 2 is 0.500 bits per heavy atom. The van der Waals surface area contributed by atoms with E-state index in [1.807, 2.05) is 0 Å². The molecule has 0 aliphatic carbocycles. The second-order valence-corrected chi connectivity index (χ2v) is 11.2. The van der Waals surface area contributed by atoms with Crippen LogP contribution in [0.15, 0.2) is 0 Å². The molecule has 0 amide bonds. The number of rotatable bonds is 18. The summed E-state index contributed by atoms with van der Waals surface area (Å²) in [6, 6.07) is 0. The topological polar surface area (TPSA) is 58.6 Å².